The van der Waals surface area contributed by atoms with Crippen molar-refractivity contribution in [3.05, 3.63) is 53.3 Å². The molecule has 1 aliphatic rings. The zero-order valence-corrected chi connectivity index (χ0v) is 18.4. The van der Waals surface area contributed by atoms with Gasteiger partial charge in [0.15, 0.2) is 5.13 Å². The predicted octanol–water partition coefficient (Wildman–Crippen LogP) is 2.83. The molecule has 0 radical (unpaired) electrons. The smallest absolute Gasteiger partial charge is 0.251 e. The molecule has 0 aliphatic heterocycles. The average Bonchev–Trinajstić information content (AvgIpc) is 3.55. The van der Waals surface area contributed by atoms with Crippen LogP contribution in [0.5, 0.6) is 5.88 Å². The Hall–Kier alpha value is -3.05. The second-order valence-electron chi connectivity index (χ2n) is 6.93. The number of nitrogens with zero attached hydrogens (tertiary/aromatic N) is 3. The third-order valence-corrected chi connectivity index (χ3v) is 7.28. The van der Waals surface area contributed by atoms with Crippen molar-refractivity contribution in [3.63, 3.8) is 0 Å². The highest BCUT2D eigenvalue weighted by Gasteiger charge is 2.36. The minimum Gasteiger partial charge on any atom is -0.477 e. The summed E-state index contributed by atoms with van der Waals surface area (Å²) in [4.78, 5) is 25.2. The molecule has 11 heteroatoms. The molecule has 1 saturated carbocycles. The summed E-state index contributed by atoms with van der Waals surface area (Å²) in [5.74, 6) is 0.192. The summed E-state index contributed by atoms with van der Waals surface area (Å²) in [6.45, 7) is 2.58. The molecule has 2 N–H and O–H groups in total. The Kier molecular flexibility index (Phi) is 6.14. The number of nitrogens with one attached hydrogen (secondary N) is 2. The number of carbonyl (C=O) groups is 1. The predicted molar refractivity (Wildman–Crippen MR) is 117 cm³/mol. The average molecular weight is 460 g/mol. The van der Waals surface area contributed by atoms with Gasteiger partial charge in [0.1, 0.15) is 0 Å². The Morgan fingerprint density at radius 3 is 2.68 bits per heavy atom. The van der Waals surface area contributed by atoms with Crippen LogP contribution in [0.1, 0.15) is 35.8 Å². The molecule has 31 heavy (non-hydrogen) atoms. The van der Waals surface area contributed by atoms with Crippen LogP contribution in [0, 0.1) is 0 Å². The van der Waals surface area contributed by atoms with Crippen molar-refractivity contribution >= 4 is 32.4 Å². The van der Waals surface area contributed by atoms with Gasteiger partial charge < -0.3 is 10.1 Å². The third kappa shape index (κ3) is 5.36. The first kappa shape index (κ1) is 21.2. The maximum absolute atomic E-state index is 12.4. The summed E-state index contributed by atoms with van der Waals surface area (Å²) in [5, 5.41) is 4.52. The summed E-state index contributed by atoms with van der Waals surface area (Å²) >= 11 is 1.20. The van der Waals surface area contributed by atoms with Gasteiger partial charge in [-0.15, -0.1) is 11.3 Å². The van der Waals surface area contributed by atoms with Gasteiger partial charge in [-0.2, -0.15) is 0 Å². The molecule has 2 heterocycles. The molecule has 1 amide bonds. The molecule has 162 valence electrons. The van der Waals surface area contributed by atoms with Gasteiger partial charge in [0.25, 0.3) is 5.91 Å². The van der Waals surface area contributed by atoms with Crippen LogP contribution in [0.25, 0.3) is 11.3 Å². The standard InChI is InChI=1S/C20H21N5O4S2/c1-2-29-18-11-21-10-17(24-18)13-3-5-14(6-4-13)19(26)22-9-15-12-30-20(23-15)25-31(27,28)16-7-8-16/h3-6,10-12,16H,2,7-9H2,1H3,(H,22,26)(H,23,25). The van der Waals surface area contributed by atoms with E-state index >= 15 is 0 Å². The highest BCUT2D eigenvalue weighted by molar-refractivity contribution is 7.93. The monoisotopic (exact) mass is 459 g/mol. The lowest BCUT2D eigenvalue weighted by Gasteiger charge is -2.06. The molecule has 0 atom stereocenters. The van der Waals surface area contributed by atoms with E-state index < -0.39 is 10.0 Å². The van der Waals surface area contributed by atoms with Crippen molar-refractivity contribution in [2.45, 2.75) is 31.6 Å². The number of benzene rings is 1. The summed E-state index contributed by atoms with van der Waals surface area (Å²) in [6, 6.07) is 7.00. The van der Waals surface area contributed by atoms with Crippen molar-refractivity contribution < 1.29 is 17.9 Å². The van der Waals surface area contributed by atoms with E-state index in [1.807, 2.05) is 6.92 Å². The fourth-order valence-corrected chi connectivity index (χ4v) is 5.10. The number of amides is 1. The summed E-state index contributed by atoms with van der Waals surface area (Å²) in [5.41, 5.74) is 2.55. The minimum atomic E-state index is -3.34. The Morgan fingerprint density at radius 2 is 1.97 bits per heavy atom. The van der Waals surface area contributed by atoms with E-state index in [1.54, 1.807) is 42.0 Å². The largest absolute Gasteiger partial charge is 0.477 e. The molecular formula is C20H21N5O4S2. The molecule has 1 fully saturated rings. The fraction of sp³-hybridized carbons (Fsp3) is 0.300. The van der Waals surface area contributed by atoms with Crippen LogP contribution in [0.2, 0.25) is 0 Å². The van der Waals surface area contributed by atoms with Crippen LogP contribution in [-0.2, 0) is 16.6 Å². The summed E-state index contributed by atoms with van der Waals surface area (Å²) < 4.78 is 31.8. The summed E-state index contributed by atoms with van der Waals surface area (Å²) in [7, 11) is -3.34. The Bertz CT molecular complexity index is 1170. The zero-order valence-electron chi connectivity index (χ0n) is 16.7. The van der Waals surface area contributed by atoms with Crippen molar-refractivity contribution in [3.8, 4) is 17.1 Å². The summed E-state index contributed by atoms with van der Waals surface area (Å²) in [6.07, 6.45) is 4.56. The van der Waals surface area contributed by atoms with E-state index in [9.17, 15) is 13.2 Å². The van der Waals surface area contributed by atoms with Crippen molar-refractivity contribution in [2.24, 2.45) is 0 Å². The topological polar surface area (TPSA) is 123 Å². The first-order valence-electron chi connectivity index (χ1n) is 9.74. The lowest BCUT2D eigenvalue weighted by Crippen LogP contribution is -2.23. The van der Waals surface area contributed by atoms with Gasteiger partial charge in [-0.25, -0.2) is 18.4 Å². The van der Waals surface area contributed by atoms with Gasteiger partial charge in [-0.3, -0.25) is 14.5 Å². The molecule has 2 aromatic heterocycles. The first-order valence-corrected chi connectivity index (χ1v) is 12.2. The number of hydrogen-bond acceptors (Lipinski definition) is 8. The molecule has 3 aromatic rings. The quantitative estimate of drug-likeness (QED) is 0.504. The van der Waals surface area contributed by atoms with Gasteiger partial charge in [-0.1, -0.05) is 12.1 Å². The number of sulfonamides is 1. The highest BCUT2D eigenvalue weighted by Crippen LogP contribution is 2.30. The van der Waals surface area contributed by atoms with E-state index in [4.69, 9.17) is 4.74 Å². The van der Waals surface area contributed by atoms with Crippen molar-refractivity contribution in [1.29, 1.82) is 0 Å². The van der Waals surface area contributed by atoms with E-state index in [2.05, 4.69) is 25.0 Å². The molecular weight excluding hydrogens is 438 g/mol. The number of thiazole rings is 1. The second kappa shape index (κ2) is 8.98. The maximum Gasteiger partial charge on any atom is 0.251 e. The number of anilines is 1. The first-order chi connectivity index (χ1) is 14.9. The normalized spacial score (nSPS) is 13.6. The van der Waals surface area contributed by atoms with Gasteiger partial charge >= 0.3 is 0 Å². The van der Waals surface area contributed by atoms with Crippen LogP contribution < -0.4 is 14.8 Å². The van der Waals surface area contributed by atoms with Gasteiger partial charge in [0.05, 0.1) is 42.2 Å². The Labute approximate surface area is 184 Å². The highest BCUT2D eigenvalue weighted by atomic mass is 32.2. The molecule has 0 bridgehead atoms. The molecule has 0 unspecified atom stereocenters. The lowest BCUT2D eigenvalue weighted by molar-refractivity contribution is 0.0950. The number of hydrogen-bond donors (Lipinski definition) is 2. The Balaban J connectivity index is 1.34. The van der Waals surface area contributed by atoms with Crippen LogP contribution >= 0.6 is 11.3 Å². The lowest BCUT2D eigenvalue weighted by atomic mass is 10.1. The maximum atomic E-state index is 12.4. The van der Waals surface area contributed by atoms with Crippen LogP contribution in [-0.4, -0.2) is 41.1 Å². The number of carbonyl (C=O) groups excluding carboxylic acids is 1. The molecule has 9 nitrogen and oxygen atoms in total. The van der Waals surface area contributed by atoms with Crippen LogP contribution in [0.3, 0.4) is 0 Å². The zero-order chi connectivity index (χ0) is 21.8. The SMILES string of the molecule is CCOc1cncc(-c2ccc(C(=O)NCc3csc(NS(=O)(=O)C4CC4)n3)cc2)n1. The Morgan fingerprint density at radius 1 is 1.19 bits per heavy atom. The molecule has 1 aliphatic carbocycles. The molecule has 0 spiro atoms. The molecule has 1 aromatic carbocycles. The number of rotatable bonds is 9. The number of ether oxygens (including phenoxy) is 1. The second-order valence-corrected chi connectivity index (χ2v) is 9.74. The van der Waals surface area contributed by atoms with Crippen molar-refractivity contribution in [2.75, 3.05) is 11.3 Å². The van der Waals surface area contributed by atoms with Crippen molar-refractivity contribution in [1.82, 2.24) is 20.3 Å². The van der Waals surface area contributed by atoms with E-state index in [1.165, 1.54) is 11.3 Å². The van der Waals surface area contributed by atoms with Crippen LogP contribution in [0.15, 0.2) is 42.0 Å². The van der Waals surface area contributed by atoms with E-state index in [-0.39, 0.29) is 17.7 Å². The third-order valence-electron chi connectivity index (χ3n) is 4.52. The van der Waals surface area contributed by atoms with E-state index in [0.29, 0.717) is 47.4 Å². The van der Waals surface area contributed by atoms with Crippen LogP contribution in [0.4, 0.5) is 5.13 Å². The van der Waals surface area contributed by atoms with Gasteiger partial charge in [0.2, 0.25) is 15.9 Å². The van der Waals surface area contributed by atoms with Gasteiger partial charge in [0, 0.05) is 16.5 Å². The molecule has 0 saturated heterocycles. The number of aromatic nitrogens is 3. The fourth-order valence-electron chi connectivity index (χ4n) is 2.79. The molecule has 4 rings (SSSR count). The van der Waals surface area contributed by atoms with Gasteiger partial charge in [-0.05, 0) is 31.9 Å². The van der Waals surface area contributed by atoms with E-state index in [0.717, 1.165) is 5.56 Å². The minimum absolute atomic E-state index is 0.199.